The molecule has 118 valence electrons. The summed E-state index contributed by atoms with van der Waals surface area (Å²) in [5.41, 5.74) is 1.95. The number of rotatable bonds is 5. The summed E-state index contributed by atoms with van der Waals surface area (Å²) in [6.45, 7) is 5.23. The van der Waals surface area contributed by atoms with Crippen LogP contribution in [0.2, 0.25) is 0 Å². The third kappa shape index (κ3) is 3.16. The topological polar surface area (TPSA) is 102 Å². The van der Waals surface area contributed by atoms with Gasteiger partial charge in [0.25, 0.3) is 5.91 Å². The van der Waals surface area contributed by atoms with Crippen LogP contribution < -0.4 is 5.32 Å². The Morgan fingerprint density at radius 3 is 2.55 bits per heavy atom. The van der Waals surface area contributed by atoms with E-state index in [1.54, 1.807) is 4.68 Å². The van der Waals surface area contributed by atoms with E-state index in [0.717, 1.165) is 11.3 Å². The van der Waals surface area contributed by atoms with Crippen molar-refractivity contribution in [2.75, 3.05) is 0 Å². The Kier molecular flexibility index (Phi) is 4.30. The maximum absolute atomic E-state index is 12.2. The lowest BCUT2D eigenvalue weighted by Crippen LogP contribution is -2.27. The molecule has 0 aliphatic rings. The molecule has 0 fully saturated rings. The van der Waals surface area contributed by atoms with Gasteiger partial charge in [-0.2, -0.15) is 10.2 Å². The molecule has 2 heterocycles. The van der Waals surface area contributed by atoms with Crippen molar-refractivity contribution in [1.29, 1.82) is 0 Å². The molecule has 0 spiro atoms. The van der Waals surface area contributed by atoms with E-state index in [-0.39, 0.29) is 17.6 Å². The number of aliphatic carboxylic acids is 1. The van der Waals surface area contributed by atoms with Crippen molar-refractivity contribution in [1.82, 2.24) is 24.9 Å². The predicted octanol–water partition coefficient (Wildman–Crippen LogP) is 1.06. The lowest BCUT2D eigenvalue weighted by Gasteiger charge is -2.12. The van der Waals surface area contributed by atoms with E-state index in [0.29, 0.717) is 0 Å². The van der Waals surface area contributed by atoms with Crippen molar-refractivity contribution in [3.8, 4) is 0 Å². The van der Waals surface area contributed by atoms with E-state index in [1.165, 1.54) is 23.9 Å². The third-order valence-corrected chi connectivity index (χ3v) is 3.46. The molecule has 0 saturated heterocycles. The Hall–Kier alpha value is -2.64. The van der Waals surface area contributed by atoms with Gasteiger partial charge < -0.3 is 10.4 Å². The summed E-state index contributed by atoms with van der Waals surface area (Å²) in [6.07, 6.45) is 3.33. The van der Waals surface area contributed by atoms with Crippen molar-refractivity contribution >= 4 is 11.9 Å². The summed E-state index contributed by atoms with van der Waals surface area (Å²) < 4.78 is 2.94. The second-order valence-corrected chi connectivity index (χ2v) is 5.23. The number of carboxylic acid groups (broad SMARTS) is 1. The van der Waals surface area contributed by atoms with Crippen LogP contribution in [0.4, 0.5) is 0 Å². The lowest BCUT2D eigenvalue weighted by atomic mass is 10.1. The average Bonchev–Trinajstić information content (AvgIpc) is 3.04. The maximum Gasteiger partial charge on any atom is 0.328 e. The van der Waals surface area contributed by atoms with E-state index in [9.17, 15) is 9.59 Å². The number of aromatic nitrogens is 4. The standard InChI is InChI=1S/C14H19N5O3/c1-8(11-7-18(4)16-9(11)2)15-13(20)12-5-6-19(17-12)10(3)14(21)22/h5-8,10H,1-4H3,(H,15,20)(H,21,22). The van der Waals surface area contributed by atoms with Gasteiger partial charge in [0.2, 0.25) is 0 Å². The van der Waals surface area contributed by atoms with Gasteiger partial charge in [-0.1, -0.05) is 0 Å². The van der Waals surface area contributed by atoms with Crippen LogP contribution in [-0.2, 0) is 11.8 Å². The average molecular weight is 305 g/mol. The number of amides is 1. The largest absolute Gasteiger partial charge is 0.480 e. The van der Waals surface area contributed by atoms with Crippen LogP contribution in [-0.4, -0.2) is 36.5 Å². The molecule has 2 atom stereocenters. The Bertz CT molecular complexity index is 703. The fourth-order valence-electron chi connectivity index (χ4n) is 2.18. The number of hydrogen-bond donors (Lipinski definition) is 2. The summed E-state index contributed by atoms with van der Waals surface area (Å²) in [6, 6.07) is 0.459. The SMILES string of the molecule is Cc1nn(C)cc1C(C)NC(=O)c1ccn(C(C)C(=O)O)n1. The molecule has 0 aromatic carbocycles. The molecule has 2 N–H and O–H groups in total. The zero-order valence-electron chi connectivity index (χ0n) is 12.9. The van der Waals surface area contributed by atoms with Crippen LogP contribution in [0.1, 0.15) is 47.7 Å². The molecule has 0 radical (unpaired) electrons. The molecule has 22 heavy (non-hydrogen) atoms. The highest BCUT2D eigenvalue weighted by atomic mass is 16.4. The monoisotopic (exact) mass is 305 g/mol. The van der Waals surface area contributed by atoms with Crippen LogP contribution >= 0.6 is 0 Å². The molecule has 0 aliphatic heterocycles. The maximum atomic E-state index is 12.2. The molecule has 8 heteroatoms. The van der Waals surface area contributed by atoms with Gasteiger partial charge >= 0.3 is 5.97 Å². The van der Waals surface area contributed by atoms with Gasteiger partial charge in [0.1, 0.15) is 11.7 Å². The Morgan fingerprint density at radius 1 is 1.32 bits per heavy atom. The second kappa shape index (κ2) is 6.00. The van der Waals surface area contributed by atoms with Crippen LogP contribution in [0.15, 0.2) is 18.5 Å². The Labute approximate surface area is 127 Å². The first kappa shape index (κ1) is 15.7. The van der Waals surface area contributed by atoms with Crippen molar-refractivity contribution in [3.05, 3.63) is 35.4 Å². The van der Waals surface area contributed by atoms with E-state index in [2.05, 4.69) is 15.5 Å². The van der Waals surface area contributed by atoms with Crippen LogP contribution in [0, 0.1) is 6.92 Å². The quantitative estimate of drug-likeness (QED) is 0.860. The van der Waals surface area contributed by atoms with Gasteiger partial charge in [0.15, 0.2) is 0 Å². The first-order valence-electron chi connectivity index (χ1n) is 6.88. The molecule has 2 aromatic rings. The third-order valence-electron chi connectivity index (χ3n) is 3.46. The fraction of sp³-hybridized carbons (Fsp3) is 0.429. The van der Waals surface area contributed by atoms with Gasteiger partial charge in [-0.05, 0) is 26.8 Å². The zero-order chi connectivity index (χ0) is 16.4. The highest BCUT2D eigenvalue weighted by Gasteiger charge is 2.19. The molecular formula is C14H19N5O3. The first-order chi connectivity index (χ1) is 10.3. The molecular weight excluding hydrogens is 286 g/mol. The van der Waals surface area contributed by atoms with Gasteiger partial charge in [0.05, 0.1) is 11.7 Å². The number of carbonyl (C=O) groups excluding carboxylic acids is 1. The Morgan fingerprint density at radius 2 is 2.00 bits per heavy atom. The Balaban J connectivity index is 2.09. The number of nitrogens with one attached hydrogen (secondary N) is 1. The van der Waals surface area contributed by atoms with Crippen LogP contribution in [0.25, 0.3) is 0 Å². The second-order valence-electron chi connectivity index (χ2n) is 5.23. The minimum absolute atomic E-state index is 0.182. The van der Waals surface area contributed by atoms with Crippen molar-refractivity contribution in [2.24, 2.45) is 7.05 Å². The number of hydrogen-bond acceptors (Lipinski definition) is 4. The molecule has 8 nitrogen and oxygen atoms in total. The summed E-state index contributed by atoms with van der Waals surface area (Å²) in [5.74, 6) is -1.36. The lowest BCUT2D eigenvalue weighted by molar-refractivity contribution is -0.140. The molecule has 2 aromatic heterocycles. The minimum atomic E-state index is -1.01. The van der Waals surface area contributed by atoms with E-state index in [1.807, 2.05) is 27.1 Å². The fourth-order valence-corrected chi connectivity index (χ4v) is 2.18. The van der Waals surface area contributed by atoms with Crippen LogP contribution in [0.3, 0.4) is 0 Å². The molecule has 1 amide bonds. The van der Waals surface area contributed by atoms with Crippen molar-refractivity contribution < 1.29 is 14.7 Å². The highest BCUT2D eigenvalue weighted by Crippen LogP contribution is 2.16. The van der Waals surface area contributed by atoms with Gasteiger partial charge in [-0.15, -0.1) is 0 Å². The summed E-state index contributed by atoms with van der Waals surface area (Å²) in [5, 5.41) is 20.0. The zero-order valence-corrected chi connectivity index (χ0v) is 12.9. The summed E-state index contributed by atoms with van der Waals surface area (Å²) in [7, 11) is 1.82. The molecule has 2 rings (SSSR count). The van der Waals surface area contributed by atoms with Gasteiger partial charge in [-0.25, -0.2) is 4.79 Å². The highest BCUT2D eigenvalue weighted by molar-refractivity contribution is 5.92. The number of carbonyl (C=O) groups is 2. The van der Waals surface area contributed by atoms with E-state index in [4.69, 9.17) is 5.11 Å². The van der Waals surface area contributed by atoms with Crippen molar-refractivity contribution in [3.63, 3.8) is 0 Å². The van der Waals surface area contributed by atoms with Gasteiger partial charge in [0, 0.05) is 25.0 Å². The molecule has 0 aliphatic carbocycles. The van der Waals surface area contributed by atoms with Crippen LogP contribution in [0.5, 0.6) is 0 Å². The molecule has 2 unspecified atom stereocenters. The number of carboxylic acids is 1. The van der Waals surface area contributed by atoms with E-state index < -0.39 is 12.0 Å². The predicted molar refractivity (Wildman–Crippen MR) is 78.4 cm³/mol. The van der Waals surface area contributed by atoms with Crippen molar-refractivity contribution in [2.45, 2.75) is 32.9 Å². The minimum Gasteiger partial charge on any atom is -0.480 e. The number of nitrogens with zero attached hydrogens (tertiary/aromatic N) is 4. The number of aryl methyl sites for hydroxylation is 2. The van der Waals surface area contributed by atoms with Gasteiger partial charge in [-0.3, -0.25) is 14.2 Å². The normalized spacial score (nSPS) is 13.6. The van der Waals surface area contributed by atoms with E-state index >= 15 is 0 Å². The summed E-state index contributed by atoms with van der Waals surface area (Å²) in [4.78, 5) is 23.1. The molecule has 0 saturated carbocycles. The first-order valence-corrected chi connectivity index (χ1v) is 6.88. The summed E-state index contributed by atoms with van der Waals surface area (Å²) >= 11 is 0. The smallest absolute Gasteiger partial charge is 0.328 e. The molecule has 0 bridgehead atoms.